The first kappa shape index (κ1) is 11.4. The van der Waals surface area contributed by atoms with Crippen LogP contribution in [-0.4, -0.2) is 7.11 Å². The van der Waals surface area contributed by atoms with Crippen molar-refractivity contribution in [3.8, 4) is 11.8 Å². The molecule has 2 N–H and O–H groups in total. The molecule has 0 aromatic heterocycles. The van der Waals surface area contributed by atoms with Gasteiger partial charge in [0, 0.05) is 17.7 Å². The molecule has 1 aromatic carbocycles. The average Bonchev–Trinajstić information content (AvgIpc) is 2.21. The van der Waals surface area contributed by atoms with E-state index in [2.05, 4.69) is 4.74 Å². The predicted octanol–water partition coefficient (Wildman–Crippen LogP) is 1.89. The monoisotopic (exact) mass is 212 g/mol. The molecule has 0 spiro atoms. The molecule has 0 heterocycles. The summed E-state index contributed by atoms with van der Waals surface area (Å²) in [5.41, 5.74) is 5.48. The van der Waals surface area contributed by atoms with Crippen LogP contribution >= 0.6 is 0 Å². The van der Waals surface area contributed by atoms with Gasteiger partial charge in [0.15, 0.2) is 11.6 Å². The predicted molar refractivity (Wildman–Crippen MR) is 50.1 cm³/mol. The summed E-state index contributed by atoms with van der Waals surface area (Å²) in [6, 6.07) is 2.85. The highest BCUT2D eigenvalue weighted by Crippen LogP contribution is 2.25. The number of nitrogens with two attached hydrogens (primary N) is 1. The quantitative estimate of drug-likeness (QED) is 0.832. The summed E-state index contributed by atoms with van der Waals surface area (Å²) in [7, 11) is 1.24. The zero-order valence-corrected chi connectivity index (χ0v) is 8.13. The molecule has 15 heavy (non-hydrogen) atoms. The molecule has 3 nitrogen and oxygen atoms in total. The molecule has 0 saturated carbocycles. The van der Waals surface area contributed by atoms with E-state index in [1.54, 1.807) is 6.07 Å². The number of hydrogen-bond acceptors (Lipinski definition) is 3. The molecular formula is C10H10F2N2O. The number of ether oxygens (including phenoxy) is 1. The van der Waals surface area contributed by atoms with Gasteiger partial charge in [0.25, 0.3) is 0 Å². The van der Waals surface area contributed by atoms with E-state index in [0.29, 0.717) is 0 Å². The van der Waals surface area contributed by atoms with E-state index >= 15 is 0 Å². The Hall–Kier alpha value is -1.67. The summed E-state index contributed by atoms with van der Waals surface area (Å²) >= 11 is 0. The van der Waals surface area contributed by atoms with Gasteiger partial charge >= 0.3 is 0 Å². The van der Waals surface area contributed by atoms with Crippen molar-refractivity contribution in [3.05, 3.63) is 29.3 Å². The van der Waals surface area contributed by atoms with E-state index in [0.717, 1.165) is 12.1 Å². The molecule has 0 bridgehead atoms. The Kier molecular flexibility index (Phi) is 3.58. The Labute approximate surface area is 86.1 Å². The van der Waals surface area contributed by atoms with Gasteiger partial charge in [-0.1, -0.05) is 0 Å². The first-order valence-electron chi connectivity index (χ1n) is 4.25. The number of halogens is 2. The topological polar surface area (TPSA) is 59.0 Å². The van der Waals surface area contributed by atoms with Crippen molar-refractivity contribution >= 4 is 0 Å². The summed E-state index contributed by atoms with van der Waals surface area (Å²) in [5, 5.41) is 8.39. The van der Waals surface area contributed by atoms with E-state index in [4.69, 9.17) is 11.0 Å². The standard InChI is InChI=1S/C10H10F2N2O/c1-15-10-5-7(11)6(4-8(10)12)9(14)2-3-13/h4-5,9H,2,14H2,1H3. The lowest BCUT2D eigenvalue weighted by atomic mass is 10.0. The second kappa shape index (κ2) is 4.71. The molecule has 0 aliphatic carbocycles. The molecule has 1 unspecified atom stereocenters. The van der Waals surface area contributed by atoms with Crippen molar-refractivity contribution in [2.45, 2.75) is 12.5 Å². The SMILES string of the molecule is COc1cc(F)c(C(N)CC#N)cc1F. The molecule has 0 amide bonds. The summed E-state index contributed by atoms with van der Waals surface area (Å²) in [6.45, 7) is 0. The van der Waals surface area contributed by atoms with Crippen LogP contribution in [-0.2, 0) is 0 Å². The highest BCUT2D eigenvalue weighted by Gasteiger charge is 2.15. The zero-order chi connectivity index (χ0) is 11.4. The smallest absolute Gasteiger partial charge is 0.165 e. The summed E-state index contributed by atoms with van der Waals surface area (Å²) in [5.74, 6) is -1.54. The third-order valence-corrected chi connectivity index (χ3v) is 1.98. The van der Waals surface area contributed by atoms with Gasteiger partial charge in [-0.2, -0.15) is 5.26 Å². The maximum atomic E-state index is 13.4. The van der Waals surface area contributed by atoms with Crippen molar-refractivity contribution in [2.24, 2.45) is 5.73 Å². The first-order chi connectivity index (χ1) is 7.10. The second-order valence-corrected chi connectivity index (χ2v) is 2.98. The maximum absolute atomic E-state index is 13.4. The van der Waals surface area contributed by atoms with Crippen LogP contribution in [0.3, 0.4) is 0 Å². The molecule has 80 valence electrons. The van der Waals surface area contributed by atoms with Crippen molar-refractivity contribution in [2.75, 3.05) is 7.11 Å². The van der Waals surface area contributed by atoms with Crippen LogP contribution < -0.4 is 10.5 Å². The van der Waals surface area contributed by atoms with E-state index in [-0.39, 0.29) is 17.7 Å². The molecule has 0 radical (unpaired) electrons. The Morgan fingerprint density at radius 3 is 2.67 bits per heavy atom. The largest absolute Gasteiger partial charge is 0.494 e. The molecular weight excluding hydrogens is 202 g/mol. The third-order valence-electron chi connectivity index (χ3n) is 1.98. The molecule has 1 aromatic rings. The lowest BCUT2D eigenvalue weighted by Gasteiger charge is -2.11. The molecule has 1 rings (SSSR count). The van der Waals surface area contributed by atoms with E-state index in [1.165, 1.54) is 7.11 Å². The minimum atomic E-state index is -0.824. The number of hydrogen-bond donors (Lipinski definition) is 1. The molecule has 1 atom stereocenters. The summed E-state index contributed by atoms with van der Waals surface area (Å²) in [6.07, 6.45) is -0.0668. The van der Waals surface area contributed by atoms with Gasteiger partial charge in [0.1, 0.15) is 5.82 Å². The third kappa shape index (κ3) is 2.42. The van der Waals surface area contributed by atoms with Gasteiger partial charge in [-0.3, -0.25) is 0 Å². The molecule has 0 aliphatic heterocycles. The highest BCUT2D eigenvalue weighted by molar-refractivity contribution is 5.32. The molecule has 0 saturated heterocycles. The average molecular weight is 212 g/mol. The fraction of sp³-hybridized carbons (Fsp3) is 0.300. The number of rotatable bonds is 3. The normalized spacial score (nSPS) is 11.9. The Balaban J connectivity index is 3.11. The minimum Gasteiger partial charge on any atom is -0.494 e. The van der Waals surface area contributed by atoms with Crippen LogP contribution in [0.15, 0.2) is 12.1 Å². The van der Waals surface area contributed by atoms with Gasteiger partial charge in [-0.05, 0) is 6.07 Å². The fourth-order valence-electron chi connectivity index (χ4n) is 1.19. The van der Waals surface area contributed by atoms with Crippen molar-refractivity contribution < 1.29 is 13.5 Å². The van der Waals surface area contributed by atoms with Crippen LogP contribution in [0.2, 0.25) is 0 Å². The summed E-state index contributed by atoms with van der Waals surface area (Å²) in [4.78, 5) is 0. The zero-order valence-electron chi connectivity index (χ0n) is 8.13. The molecule has 0 aliphatic rings. The number of methoxy groups -OCH3 is 1. The Morgan fingerprint density at radius 2 is 2.13 bits per heavy atom. The van der Waals surface area contributed by atoms with Crippen molar-refractivity contribution in [1.29, 1.82) is 5.26 Å². The fourth-order valence-corrected chi connectivity index (χ4v) is 1.19. The lowest BCUT2D eigenvalue weighted by Crippen LogP contribution is -2.12. The minimum absolute atomic E-state index is 0.0187. The Bertz CT molecular complexity index is 401. The van der Waals surface area contributed by atoms with E-state index in [9.17, 15) is 8.78 Å². The van der Waals surface area contributed by atoms with E-state index in [1.807, 2.05) is 0 Å². The molecule has 5 heteroatoms. The van der Waals surface area contributed by atoms with Crippen LogP contribution in [0.25, 0.3) is 0 Å². The van der Waals surface area contributed by atoms with Crippen molar-refractivity contribution in [3.63, 3.8) is 0 Å². The number of nitrogens with zero attached hydrogens (tertiary/aromatic N) is 1. The second-order valence-electron chi connectivity index (χ2n) is 2.98. The van der Waals surface area contributed by atoms with Crippen LogP contribution in [0, 0.1) is 23.0 Å². The summed E-state index contributed by atoms with van der Waals surface area (Å²) < 4.78 is 31.2. The van der Waals surface area contributed by atoms with Gasteiger partial charge in [0.05, 0.1) is 19.6 Å². The lowest BCUT2D eigenvalue weighted by molar-refractivity contribution is 0.381. The van der Waals surface area contributed by atoms with Crippen LogP contribution in [0.4, 0.5) is 8.78 Å². The highest BCUT2D eigenvalue weighted by atomic mass is 19.1. The van der Waals surface area contributed by atoms with E-state index < -0.39 is 17.7 Å². The van der Waals surface area contributed by atoms with Gasteiger partial charge in [0.2, 0.25) is 0 Å². The Morgan fingerprint density at radius 1 is 1.47 bits per heavy atom. The van der Waals surface area contributed by atoms with Gasteiger partial charge < -0.3 is 10.5 Å². The van der Waals surface area contributed by atoms with Crippen LogP contribution in [0.1, 0.15) is 18.0 Å². The number of nitriles is 1. The molecule has 0 fully saturated rings. The van der Waals surface area contributed by atoms with Crippen LogP contribution in [0.5, 0.6) is 5.75 Å². The number of benzene rings is 1. The van der Waals surface area contributed by atoms with Gasteiger partial charge in [-0.15, -0.1) is 0 Å². The maximum Gasteiger partial charge on any atom is 0.165 e. The van der Waals surface area contributed by atoms with Crippen molar-refractivity contribution in [1.82, 2.24) is 0 Å². The van der Waals surface area contributed by atoms with Gasteiger partial charge in [-0.25, -0.2) is 8.78 Å². The first-order valence-corrected chi connectivity index (χ1v) is 4.25.